The Morgan fingerprint density at radius 2 is 2.33 bits per heavy atom. The van der Waals surface area contributed by atoms with Crippen LogP contribution in [0.2, 0.25) is 0 Å². The van der Waals surface area contributed by atoms with Crippen molar-refractivity contribution in [2.75, 3.05) is 0 Å². The van der Waals surface area contributed by atoms with E-state index >= 15 is 0 Å². The second kappa shape index (κ2) is 4.30. The molecule has 15 heavy (non-hydrogen) atoms. The topological polar surface area (TPSA) is 69.6 Å². The van der Waals surface area contributed by atoms with E-state index in [1.807, 2.05) is 6.07 Å². The van der Waals surface area contributed by atoms with Gasteiger partial charge in [-0.15, -0.1) is 11.3 Å². The van der Waals surface area contributed by atoms with Crippen LogP contribution in [0.25, 0.3) is 0 Å². The molecule has 1 fully saturated rings. The lowest BCUT2D eigenvalue weighted by Gasteiger charge is -2.32. The number of thiophene rings is 1. The van der Waals surface area contributed by atoms with Gasteiger partial charge in [0.15, 0.2) is 0 Å². The van der Waals surface area contributed by atoms with Gasteiger partial charge in [0, 0.05) is 12.6 Å². The van der Waals surface area contributed by atoms with Gasteiger partial charge in [0.2, 0.25) is 0 Å². The summed E-state index contributed by atoms with van der Waals surface area (Å²) in [6.07, 6.45) is 1.36. The maximum absolute atomic E-state index is 10.8. The summed E-state index contributed by atoms with van der Waals surface area (Å²) in [5.74, 6) is -0.865. The Balaban J connectivity index is 1.88. The van der Waals surface area contributed by atoms with Crippen LogP contribution < -0.4 is 5.32 Å². The van der Waals surface area contributed by atoms with E-state index in [0.717, 1.165) is 18.4 Å². The molecule has 1 heterocycles. The lowest BCUT2D eigenvalue weighted by Crippen LogP contribution is -2.43. The van der Waals surface area contributed by atoms with E-state index < -0.39 is 5.97 Å². The van der Waals surface area contributed by atoms with E-state index in [0.29, 0.717) is 17.5 Å². The maximum Gasteiger partial charge on any atom is 0.346 e. The van der Waals surface area contributed by atoms with Gasteiger partial charge in [0.05, 0.1) is 6.10 Å². The molecule has 1 aromatic heterocycles. The molecule has 1 aliphatic rings. The van der Waals surface area contributed by atoms with E-state index in [1.54, 1.807) is 5.38 Å². The van der Waals surface area contributed by atoms with Crippen molar-refractivity contribution < 1.29 is 15.0 Å². The number of carboxylic acid groups (broad SMARTS) is 1. The monoisotopic (exact) mass is 227 g/mol. The minimum Gasteiger partial charge on any atom is -0.477 e. The first-order valence-corrected chi connectivity index (χ1v) is 5.76. The first-order valence-electron chi connectivity index (χ1n) is 4.88. The number of carbonyl (C=O) groups is 1. The molecule has 0 bridgehead atoms. The van der Waals surface area contributed by atoms with Crippen molar-refractivity contribution in [1.29, 1.82) is 0 Å². The molecule has 0 aromatic carbocycles. The molecule has 1 aliphatic carbocycles. The summed E-state index contributed by atoms with van der Waals surface area (Å²) in [4.78, 5) is 11.2. The van der Waals surface area contributed by atoms with Gasteiger partial charge < -0.3 is 15.5 Å². The second-order valence-electron chi connectivity index (χ2n) is 3.78. The lowest BCUT2D eigenvalue weighted by atomic mass is 9.89. The van der Waals surface area contributed by atoms with E-state index in [2.05, 4.69) is 5.32 Å². The van der Waals surface area contributed by atoms with Crippen LogP contribution in [0.5, 0.6) is 0 Å². The zero-order valence-corrected chi connectivity index (χ0v) is 8.96. The van der Waals surface area contributed by atoms with Gasteiger partial charge in [0.1, 0.15) is 4.88 Å². The standard InChI is InChI=1S/C10H13NO3S/c12-8-3-7(4-8)11-5-6-1-2-15-9(6)10(13)14/h1-2,7-8,11-12H,3-5H2,(H,13,14). The molecule has 0 radical (unpaired) electrons. The first kappa shape index (κ1) is 10.6. The van der Waals surface area contributed by atoms with Crippen LogP contribution in [0.3, 0.4) is 0 Å². The molecular formula is C10H13NO3S. The molecule has 0 spiro atoms. The van der Waals surface area contributed by atoms with Crippen molar-refractivity contribution in [3.05, 3.63) is 21.9 Å². The number of aliphatic hydroxyl groups excluding tert-OH is 1. The lowest BCUT2D eigenvalue weighted by molar-refractivity contribution is 0.0614. The zero-order chi connectivity index (χ0) is 10.8. The fourth-order valence-electron chi connectivity index (χ4n) is 1.67. The minimum atomic E-state index is -0.865. The fraction of sp³-hybridized carbons (Fsp3) is 0.500. The average Bonchev–Trinajstić information content (AvgIpc) is 2.58. The maximum atomic E-state index is 10.8. The number of carboxylic acids is 1. The third-order valence-corrected chi connectivity index (χ3v) is 3.58. The van der Waals surface area contributed by atoms with Crippen molar-refractivity contribution in [2.24, 2.45) is 0 Å². The van der Waals surface area contributed by atoms with Gasteiger partial charge in [-0.3, -0.25) is 0 Å². The quantitative estimate of drug-likeness (QED) is 0.719. The Bertz CT molecular complexity index is 357. The Labute approximate surface area is 91.6 Å². The fourth-order valence-corrected chi connectivity index (χ4v) is 2.43. The number of rotatable bonds is 4. The Hall–Kier alpha value is -0.910. The van der Waals surface area contributed by atoms with Crippen molar-refractivity contribution in [1.82, 2.24) is 5.32 Å². The van der Waals surface area contributed by atoms with E-state index in [1.165, 1.54) is 11.3 Å². The molecule has 1 aromatic rings. The summed E-state index contributed by atoms with van der Waals surface area (Å²) in [5, 5.41) is 23.0. The second-order valence-corrected chi connectivity index (χ2v) is 4.70. The summed E-state index contributed by atoms with van der Waals surface area (Å²) >= 11 is 1.25. The predicted molar refractivity (Wildman–Crippen MR) is 57.1 cm³/mol. The van der Waals surface area contributed by atoms with Crippen LogP contribution in [0.1, 0.15) is 28.1 Å². The summed E-state index contributed by atoms with van der Waals surface area (Å²) in [5.41, 5.74) is 0.828. The number of hydrogen-bond acceptors (Lipinski definition) is 4. The van der Waals surface area contributed by atoms with Crippen molar-refractivity contribution in [3.63, 3.8) is 0 Å². The molecule has 3 N–H and O–H groups in total. The van der Waals surface area contributed by atoms with Crippen LogP contribution in [-0.2, 0) is 6.54 Å². The molecule has 0 atom stereocenters. The van der Waals surface area contributed by atoms with Gasteiger partial charge in [-0.1, -0.05) is 0 Å². The predicted octanol–water partition coefficient (Wildman–Crippen LogP) is 1.06. The molecule has 0 unspecified atom stereocenters. The van der Waals surface area contributed by atoms with Crippen LogP contribution in [0.15, 0.2) is 11.4 Å². The molecular weight excluding hydrogens is 214 g/mol. The highest BCUT2D eigenvalue weighted by molar-refractivity contribution is 7.12. The third kappa shape index (κ3) is 2.37. The third-order valence-electron chi connectivity index (χ3n) is 2.64. The normalized spacial score (nSPS) is 24.9. The highest BCUT2D eigenvalue weighted by Gasteiger charge is 2.26. The highest BCUT2D eigenvalue weighted by atomic mass is 32.1. The van der Waals surface area contributed by atoms with E-state index in [9.17, 15) is 4.79 Å². The smallest absolute Gasteiger partial charge is 0.346 e. The highest BCUT2D eigenvalue weighted by Crippen LogP contribution is 2.21. The Morgan fingerprint density at radius 1 is 1.60 bits per heavy atom. The molecule has 2 rings (SSSR count). The summed E-state index contributed by atoms with van der Waals surface area (Å²) in [7, 11) is 0. The number of nitrogens with one attached hydrogen (secondary N) is 1. The van der Waals surface area contributed by atoms with E-state index in [-0.39, 0.29) is 6.10 Å². The molecule has 0 aliphatic heterocycles. The molecule has 1 saturated carbocycles. The van der Waals surface area contributed by atoms with Crippen LogP contribution in [0.4, 0.5) is 0 Å². The van der Waals surface area contributed by atoms with Gasteiger partial charge >= 0.3 is 5.97 Å². The average molecular weight is 227 g/mol. The van der Waals surface area contributed by atoms with Gasteiger partial charge in [0.25, 0.3) is 0 Å². The molecule has 5 heteroatoms. The van der Waals surface area contributed by atoms with Crippen LogP contribution >= 0.6 is 11.3 Å². The number of aromatic carboxylic acids is 1. The minimum absolute atomic E-state index is 0.177. The SMILES string of the molecule is O=C(O)c1sccc1CNC1CC(O)C1. The molecule has 0 saturated heterocycles. The Kier molecular flexibility index (Phi) is 3.04. The number of aliphatic hydroxyl groups is 1. The summed E-state index contributed by atoms with van der Waals surface area (Å²) < 4.78 is 0. The van der Waals surface area contributed by atoms with Gasteiger partial charge in [-0.25, -0.2) is 4.79 Å². The van der Waals surface area contributed by atoms with Crippen LogP contribution in [-0.4, -0.2) is 28.3 Å². The summed E-state index contributed by atoms with van der Waals surface area (Å²) in [6, 6.07) is 2.16. The molecule has 82 valence electrons. The van der Waals surface area contributed by atoms with Crippen molar-refractivity contribution >= 4 is 17.3 Å². The van der Waals surface area contributed by atoms with Crippen molar-refractivity contribution in [3.8, 4) is 0 Å². The molecule has 4 nitrogen and oxygen atoms in total. The van der Waals surface area contributed by atoms with Gasteiger partial charge in [-0.2, -0.15) is 0 Å². The van der Waals surface area contributed by atoms with Crippen LogP contribution in [0, 0.1) is 0 Å². The first-order chi connectivity index (χ1) is 7.16. The summed E-state index contributed by atoms with van der Waals surface area (Å²) in [6.45, 7) is 0.572. The van der Waals surface area contributed by atoms with Crippen molar-refractivity contribution in [2.45, 2.75) is 31.5 Å². The van der Waals surface area contributed by atoms with Gasteiger partial charge in [-0.05, 0) is 29.9 Å². The molecule has 0 amide bonds. The largest absolute Gasteiger partial charge is 0.477 e. The van der Waals surface area contributed by atoms with E-state index in [4.69, 9.17) is 10.2 Å². The zero-order valence-electron chi connectivity index (χ0n) is 8.14. The Morgan fingerprint density at radius 3 is 2.93 bits per heavy atom. The number of hydrogen-bond donors (Lipinski definition) is 3.